The van der Waals surface area contributed by atoms with Crippen LogP contribution < -0.4 is 4.74 Å². The first-order valence-electron chi connectivity index (χ1n) is 4.84. The van der Waals surface area contributed by atoms with Gasteiger partial charge >= 0.3 is 5.97 Å². The second-order valence-corrected chi connectivity index (χ2v) is 4.85. The summed E-state index contributed by atoms with van der Waals surface area (Å²) in [7, 11) is 0. The average molecular weight is 399 g/mol. The highest BCUT2D eigenvalue weighted by molar-refractivity contribution is 14.1. The summed E-state index contributed by atoms with van der Waals surface area (Å²) in [5, 5.41) is 0.758. The molecule has 0 atom stereocenters. The number of halogens is 2. The molecule has 3 nitrogen and oxygen atoms in total. The summed E-state index contributed by atoms with van der Waals surface area (Å²) in [5.74, 6) is 0.374. The number of carbonyl (C=O) groups is 1. The second kappa shape index (κ2) is 7.11. The summed E-state index contributed by atoms with van der Waals surface area (Å²) < 4.78 is 11.2. The molecule has 0 heterocycles. The van der Waals surface area contributed by atoms with Gasteiger partial charge in [-0.25, -0.2) is 4.79 Å². The molecule has 0 aromatic heterocycles. The molecule has 88 valence electrons. The Morgan fingerprint density at radius 1 is 1.50 bits per heavy atom. The van der Waals surface area contributed by atoms with E-state index < -0.39 is 0 Å². The van der Waals surface area contributed by atoms with Gasteiger partial charge in [-0.05, 0) is 47.7 Å². The Morgan fingerprint density at radius 3 is 2.88 bits per heavy atom. The van der Waals surface area contributed by atoms with E-state index >= 15 is 0 Å². The first-order valence-corrected chi connectivity index (χ1v) is 7.04. The van der Waals surface area contributed by atoms with Crippen LogP contribution in [0.2, 0.25) is 0 Å². The summed E-state index contributed by atoms with van der Waals surface area (Å²) in [4.78, 5) is 11.6. The summed E-state index contributed by atoms with van der Waals surface area (Å²) >= 11 is 5.38. The number of ether oxygens (including phenoxy) is 2. The highest BCUT2D eigenvalue weighted by atomic mass is 127. The molecule has 0 aliphatic heterocycles. The maximum atomic E-state index is 11.6. The minimum Gasteiger partial charge on any atom is -0.493 e. The lowest BCUT2D eigenvalue weighted by Crippen LogP contribution is -2.07. The van der Waals surface area contributed by atoms with Gasteiger partial charge in [-0.15, -0.1) is 0 Å². The van der Waals surface area contributed by atoms with Gasteiger partial charge in [0.25, 0.3) is 0 Å². The fraction of sp³-hybridized carbons (Fsp3) is 0.364. The molecule has 1 rings (SSSR count). The van der Waals surface area contributed by atoms with Crippen molar-refractivity contribution in [2.75, 3.05) is 18.5 Å². The van der Waals surface area contributed by atoms with Gasteiger partial charge in [0, 0.05) is 8.90 Å². The van der Waals surface area contributed by atoms with E-state index in [0.717, 1.165) is 8.90 Å². The van der Waals surface area contributed by atoms with Crippen LogP contribution >= 0.6 is 38.5 Å². The summed E-state index contributed by atoms with van der Waals surface area (Å²) in [5.41, 5.74) is 0.550. The zero-order valence-corrected chi connectivity index (χ0v) is 12.6. The highest BCUT2D eigenvalue weighted by Gasteiger charge is 2.12. The van der Waals surface area contributed by atoms with Crippen molar-refractivity contribution in [3.05, 3.63) is 27.3 Å². The van der Waals surface area contributed by atoms with Gasteiger partial charge in [0.1, 0.15) is 5.75 Å². The molecule has 0 saturated heterocycles. The lowest BCUT2D eigenvalue weighted by atomic mass is 10.2. The molecule has 0 bridgehead atoms. The number of rotatable bonds is 5. The Bertz CT molecular complexity index is 368. The van der Waals surface area contributed by atoms with Crippen LogP contribution in [0.4, 0.5) is 0 Å². The van der Waals surface area contributed by atoms with Crippen LogP contribution in [0, 0.1) is 3.57 Å². The van der Waals surface area contributed by atoms with Gasteiger partial charge < -0.3 is 9.47 Å². The van der Waals surface area contributed by atoms with E-state index in [0.29, 0.717) is 24.5 Å². The second-order valence-electron chi connectivity index (χ2n) is 2.90. The third-order valence-electron chi connectivity index (χ3n) is 1.78. The number of benzene rings is 1. The molecule has 0 N–H and O–H groups in total. The zero-order valence-electron chi connectivity index (χ0n) is 8.83. The number of esters is 1. The molecule has 0 fully saturated rings. The molecule has 0 radical (unpaired) electrons. The molecule has 1 aromatic carbocycles. The van der Waals surface area contributed by atoms with Crippen molar-refractivity contribution in [3.8, 4) is 5.75 Å². The Labute approximate surface area is 117 Å². The van der Waals surface area contributed by atoms with Gasteiger partial charge in [0.05, 0.1) is 18.8 Å². The van der Waals surface area contributed by atoms with Gasteiger partial charge in [0.2, 0.25) is 0 Å². The van der Waals surface area contributed by atoms with Crippen LogP contribution in [-0.2, 0) is 4.74 Å². The monoisotopic (exact) mass is 398 g/mol. The van der Waals surface area contributed by atoms with E-state index in [1.807, 2.05) is 12.1 Å². The fourth-order valence-corrected chi connectivity index (χ4v) is 1.83. The quantitative estimate of drug-likeness (QED) is 0.434. The van der Waals surface area contributed by atoms with Crippen molar-refractivity contribution in [3.63, 3.8) is 0 Å². The summed E-state index contributed by atoms with van der Waals surface area (Å²) in [6, 6.07) is 5.39. The van der Waals surface area contributed by atoms with Crippen molar-refractivity contribution in [2.24, 2.45) is 0 Å². The predicted octanol–water partition coefficient (Wildman–Crippen LogP) is 3.24. The van der Waals surface area contributed by atoms with E-state index in [2.05, 4.69) is 38.5 Å². The number of carbonyl (C=O) groups excluding carboxylic acids is 1. The van der Waals surface area contributed by atoms with Crippen molar-refractivity contribution in [1.29, 1.82) is 0 Å². The summed E-state index contributed by atoms with van der Waals surface area (Å²) in [6.07, 6.45) is 0. The van der Waals surface area contributed by atoms with E-state index in [-0.39, 0.29) is 5.97 Å². The van der Waals surface area contributed by atoms with E-state index in [4.69, 9.17) is 9.47 Å². The minimum absolute atomic E-state index is 0.309. The van der Waals surface area contributed by atoms with Crippen LogP contribution in [0.3, 0.4) is 0 Å². The zero-order chi connectivity index (χ0) is 12.0. The molecule has 16 heavy (non-hydrogen) atoms. The van der Waals surface area contributed by atoms with Gasteiger partial charge in [-0.3, -0.25) is 0 Å². The van der Waals surface area contributed by atoms with E-state index in [1.54, 1.807) is 13.0 Å². The Kier molecular flexibility index (Phi) is 6.12. The van der Waals surface area contributed by atoms with Crippen molar-refractivity contribution in [1.82, 2.24) is 0 Å². The Balaban J connectivity index is 2.85. The van der Waals surface area contributed by atoms with Crippen LogP contribution in [0.25, 0.3) is 0 Å². The Hall–Kier alpha value is -0.300. The van der Waals surface area contributed by atoms with E-state index in [9.17, 15) is 4.79 Å². The third kappa shape index (κ3) is 3.93. The van der Waals surface area contributed by atoms with Crippen LogP contribution in [0.5, 0.6) is 5.75 Å². The largest absolute Gasteiger partial charge is 0.493 e. The summed E-state index contributed by atoms with van der Waals surface area (Å²) in [6.45, 7) is 2.74. The normalized spacial score (nSPS) is 9.94. The Morgan fingerprint density at radius 2 is 2.25 bits per heavy atom. The molecule has 1 aromatic rings. The van der Waals surface area contributed by atoms with Crippen LogP contribution in [-0.4, -0.2) is 24.5 Å². The fourth-order valence-electron chi connectivity index (χ4n) is 1.12. The molecular formula is C11H12BrIO3. The van der Waals surface area contributed by atoms with Crippen LogP contribution in [0.1, 0.15) is 17.3 Å². The SMILES string of the molecule is CCOC(=O)c1cc(OCCBr)ccc1I. The van der Waals surface area contributed by atoms with Crippen molar-refractivity contribution >= 4 is 44.5 Å². The lowest BCUT2D eigenvalue weighted by Gasteiger charge is -2.08. The average Bonchev–Trinajstić information content (AvgIpc) is 2.28. The maximum Gasteiger partial charge on any atom is 0.339 e. The molecular weight excluding hydrogens is 387 g/mol. The first-order chi connectivity index (χ1) is 7.69. The number of hydrogen-bond acceptors (Lipinski definition) is 3. The van der Waals surface area contributed by atoms with Gasteiger partial charge in [0.15, 0.2) is 0 Å². The lowest BCUT2D eigenvalue weighted by molar-refractivity contribution is 0.0524. The molecule has 0 amide bonds. The van der Waals surface area contributed by atoms with Gasteiger partial charge in [-0.1, -0.05) is 15.9 Å². The standard InChI is InChI=1S/C11H12BrIO3/c1-2-15-11(14)9-7-8(16-6-5-12)3-4-10(9)13/h3-4,7H,2,5-6H2,1H3. The van der Waals surface area contributed by atoms with E-state index in [1.165, 1.54) is 0 Å². The van der Waals surface area contributed by atoms with Crippen molar-refractivity contribution in [2.45, 2.75) is 6.92 Å². The predicted molar refractivity (Wildman–Crippen MR) is 74.4 cm³/mol. The smallest absolute Gasteiger partial charge is 0.339 e. The maximum absolute atomic E-state index is 11.6. The number of alkyl halides is 1. The minimum atomic E-state index is -0.309. The molecule has 5 heteroatoms. The highest BCUT2D eigenvalue weighted by Crippen LogP contribution is 2.20. The van der Waals surface area contributed by atoms with Crippen molar-refractivity contribution < 1.29 is 14.3 Å². The molecule has 0 aliphatic carbocycles. The molecule has 0 spiro atoms. The number of hydrogen-bond donors (Lipinski definition) is 0. The molecule has 0 aliphatic rings. The topological polar surface area (TPSA) is 35.5 Å². The molecule has 0 unspecified atom stereocenters. The first kappa shape index (κ1) is 13.8. The molecule has 0 saturated carbocycles. The van der Waals surface area contributed by atoms with Gasteiger partial charge in [-0.2, -0.15) is 0 Å². The van der Waals surface area contributed by atoms with Crippen LogP contribution in [0.15, 0.2) is 18.2 Å². The third-order valence-corrected chi connectivity index (χ3v) is 3.04.